The van der Waals surface area contributed by atoms with E-state index in [9.17, 15) is 4.39 Å². The van der Waals surface area contributed by atoms with Crippen molar-refractivity contribution < 1.29 is 13.9 Å². The summed E-state index contributed by atoms with van der Waals surface area (Å²) in [4.78, 5) is 0. The number of ether oxygens (including phenoxy) is 2. The molecule has 0 aromatic heterocycles. The summed E-state index contributed by atoms with van der Waals surface area (Å²) in [5, 5.41) is 0. The lowest BCUT2D eigenvalue weighted by molar-refractivity contribution is 0.340. The highest BCUT2D eigenvalue weighted by atomic mass is 19.1. The van der Waals surface area contributed by atoms with Crippen LogP contribution in [-0.2, 0) is 6.42 Å². The molecule has 2 nitrogen and oxygen atoms in total. The molecule has 154 valence electrons. The van der Waals surface area contributed by atoms with Crippen molar-refractivity contribution >= 4 is 0 Å². The average Bonchev–Trinajstić information content (AvgIpc) is 3.44. The molecule has 1 aliphatic rings. The van der Waals surface area contributed by atoms with Gasteiger partial charge in [-0.15, -0.1) is 0 Å². The molecule has 0 saturated heterocycles. The first kappa shape index (κ1) is 20.2. The second kappa shape index (κ2) is 9.17. The normalized spacial score (nSPS) is 20.3. The molecule has 2 atom stereocenters. The molecular formula is C27H27FO2. The SMILES string of the molecule is CCOc1ccc(C2CC2(F)C=CCCc2cccc(Oc3ccccc3)c2)cc1. The lowest BCUT2D eigenvalue weighted by Crippen LogP contribution is -1.99. The molecule has 1 saturated carbocycles. The van der Waals surface area contributed by atoms with Crippen molar-refractivity contribution in [2.45, 2.75) is 37.8 Å². The smallest absolute Gasteiger partial charge is 0.136 e. The van der Waals surface area contributed by atoms with Crippen molar-refractivity contribution in [3.63, 3.8) is 0 Å². The van der Waals surface area contributed by atoms with Gasteiger partial charge >= 0.3 is 0 Å². The minimum Gasteiger partial charge on any atom is -0.494 e. The number of para-hydroxylation sites is 1. The number of hydrogen-bond acceptors (Lipinski definition) is 2. The van der Waals surface area contributed by atoms with Crippen LogP contribution in [0.3, 0.4) is 0 Å². The molecule has 3 aromatic carbocycles. The molecule has 0 N–H and O–H groups in total. The van der Waals surface area contributed by atoms with Gasteiger partial charge in [0.15, 0.2) is 0 Å². The molecule has 0 heterocycles. The van der Waals surface area contributed by atoms with Gasteiger partial charge in [-0.2, -0.15) is 0 Å². The van der Waals surface area contributed by atoms with Gasteiger partial charge in [0.05, 0.1) is 6.61 Å². The summed E-state index contributed by atoms with van der Waals surface area (Å²) in [7, 11) is 0. The largest absolute Gasteiger partial charge is 0.494 e. The van der Waals surface area contributed by atoms with E-state index in [2.05, 4.69) is 6.07 Å². The molecule has 3 aromatic rings. The van der Waals surface area contributed by atoms with E-state index in [0.29, 0.717) is 13.0 Å². The number of allylic oxidation sites excluding steroid dienone is 2. The van der Waals surface area contributed by atoms with Gasteiger partial charge in [0.2, 0.25) is 0 Å². The third kappa shape index (κ3) is 5.10. The Labute approximate surface area is 178 Å². The van der Waals surface area contributed by atoms with Crippen LogP contribution in [0, 0.1) is 0 Å². The van der Waals surface area contributed by atoms with Crippen LogP contribution in [0.1, 0.15) is 36.8 Å². The van der Waals surface area contributed by atoms with Gasteiger partial charge in [-0.3, -0.25) is 0 Å². The van der Waals surface area contributed by atoms with Crippen LogP contribution in [0.25, 0.3) is 0 Å². The Balaban J connectivity index is 1.28. The van der Waals surface area contributed by atoms with Crippen LogP contribution in [0.2, 0.25) is 0 Å². The number of alkyl halides is 1. The molecule has 30 heavy (non-hydrogen) atoms. The Morgan fingerprint density at radius 1 is 0.933 bits per heavy atom. The zero-order valence-corrected chi connectivity index (χ0v) is 17.3. The molecule has 0 radical (unpaired) electrons. The molecule has 0 amide bonds. The summed E-state index contributed by atoms with van der Waals surface area (Å²) in [5.74, 6) is 2.43. The van der Waals surface area contributed by atoms with Gasteiger partial charge in [-0.1, -0.05) is 54.6 Å². The quantitative estimate of drug-likeness (QED) is 0.351. The number of hydrogen-bond donors (Lipinski definition) is 0. The van der Waals surface area contributed by atoms with E-state index in [1.54, 1.807) is 6.08 Å². The highest BCUT2D eigenvalue weighted by Gasteiger charge is 2.53. The number of aryl methyl sites for hydroxylation is 1. The molecule has 0 aliphatic heterocycles. The second-order valence-electron chi connectivity index (χ2n) is 7.69. The van der Waals surface area contributed by atoms with Crippen molar-refractivity contribution in [1.82, 2.24) is 0 Å². The summed E-state index contributed by atoms with van der Waals surface area (Å²) >= 11 is 0. The highest BCUT2D eigenvalue weighted by Crippen LogP contribution is 2.55. The monoisotopic (exact) mass is 402 g/mol. The number of halogens is 1. The Hall–Kier alpha value is -3.07. The van der Waals surface area contributed by atoms with E-state index in [1.807, 2.05) is 85.8 Å². The van der Waals surface area contributed by atoms with Crippen LogP contribution in [0.15, 0.2) is 91.0 Å². The van der Waals surface area contributed by atoms with Crippen LogP contribution < -0.4 is 9.47 Å². The van der Waals surface area contributed by atoms with Gasteiger partial charge in [0, 0.05) is 5.92 Å². The van der Waals surface area contributed by atoms with Crippen LogP contribution in [0.4, 0.5) is 4.39 Å². The second-order valence-corrected chi connectivity index (χ2v) is 7.69. The van der Waals surface area contributed by atoms with E-state index in [0.717, 1.165) is 35.7 Å². The Morgan fingerprint density at radius 2 is 1.70 bits per heavy atom. The molecular weight excluding hydrogens is 375 g/mol. The van der Waals surface area contributed by atoms with E-state index >= 15 is 0 Å². The average molecular weight is 403 g/mol. The topological polar surface area (TPSA) is 18.5 Å². The maximum Gasteiger partial charge on any atom is 0.136 e. The van der Waals surface area contributed by atoms with E-state index in [-0.39, 0.29) is 5.92 Å². The molecule has 1 fully saturated rings. The predicted octanol–water partition coefficient (Wildman–Crippen LogP) is 7.26. The lowest BCUT2D eigenvalue weighted by Gasteiger charge is -2.07. The molecule has 2 unspecified atom stereocenters. The van der Waals surface area contributed by atoms with Gasteiger partial charge in [0.25, 0.3) is 0 Å². The van der Waals surface area contributed by atoms with Gasteiger partial charge in [-0.25, -0.2) is 4.39 Å². The Bertz CT molecular complexity index is 981. The molecule has 0 spiro atoms. The van der Waals surface area contributed by atoms with Crippen LogP contribution in [-0.4, -0.2) is 12.3 Å². The minimum absolute atomic E-state index is 0.0490. The zero-order chi connectivity index (χ0) is 20.8. The molecule has 4 rings (SSSR count). The van der Waals surface area contributed by atoms with Crippen molar-refractivity contribution in [1.29, 1.82) is 0 Å². The van der Waals surface area contributed by atoms with Crippen LogP contribution in [0.5, 0.6) is 17.2 Å². The predicted molar refractivity (Wildman–Crippen MR) is 119 cm³/mol. The summed E-state index contributed by atoms with van der Waals surface area (Å²) < 4.78 is 26.3. The van der Waals surface area contributed by atoms with Gasteiger partial charge in [0.1, 0.15) is 22.9 Å². The fraction of sp³-hybridized carbons (Fsp3) is 0.259. The van der Waals surface area contributed by atoms with Gasteiger partial charge in [-0.05, 0) is 73.7 Å². The van der Waals surface area contributed by atoms with E-state index < -0.39 is 5.67 Å². The third-order valence-corrected chi connectivity index (χ3v) is 5.40. The Morgan fingerprint density at radius 3 is 2.47 bits per heavy atom. The molecule has 0 bridgehead atoms. The number of benzene rings is 3. The molecule has 1 aliphatic carbocycles. The first-order valence-electron chi connectivity index (χ1n) is 10.6. The Kier molecular flexibility index (Phi) is 6.18. The zero-order valence-electron chi connectivity index (χ0n) is 17.3. The lowest BCUT2D eigenvalue weighted by atomic mass is 10.1. The highest BCUT2D eigenvalue weighted by molar-refractivity contribution is 5.39. The fourth-order valence-electron chi connectivity index (χ4n) is 3.71. The van der Waals surface area contributed by atoms with E-state index in [4.69, 9.17) is 9.47 Å². The van der Waals surface area contributed by atoms with Crippen molar-refractivity contribution in [3.8, 4) is 17.2 Å². The summed E-state index contributed by atoms with van der Waals surface area (Å²) in [5.41, 5.74) is 1.00. The first-order chi connectivity index (χ1) is 14.7. The molecule has 3 heteroatoms. The maximum absolute atomic E-state index is 15.0. The minimum atomic E-state index is -1.22. The summed E-state index contributed by atoms with van der Waals surface area (Å²) in [6, 6.07) is 25.6. The van der Waals surface area contributed by atoms with Crippen molar-refractivity contribution in [2.24, 2.45) is 0 Å². The van der Waals surface area contributed by atoms with E-state index in [1.165, 1.54) is 5.56 Å². The van der Waals surface area contributed by atoms with Crippen molar-refractivity contribution in [2.75, 3.05) is 6.61 Å². The van der Waals surface area contributed by atoms with Crippen LogP contribution >= 0.6 is 0 Å². The van der Waals surface area contributed by atoms with Gasteiger partial charge < -0.3 is 9.47 Å². The van der Waals surface area contributed by atoms with Crippen molar-refractivity contribution in [3.05, 3.63) is 102 Å². The summed E-state index contributed by atoms with van der Waals surface area (Å²) in [6.07, 6.45) is 5.93. The fourth-order valence-corrected chi connectivity index (χ4v) is 3.71. The standard InChI is InChI=1S/C27H27FO2/c1-2-29-23-16-14-22(15-17-23)26-20-27(26,28)18-7-6-9-21-10-8-13-25(19-21)30-24-11-4-3-5-12-24/h3-5,7-8,10-19,26H,2,6,9,20H2,1H3. The summed E-state index contributed by atoms with van der Waals surface area (Å²) in [6.45, 7) is 2.60. The maximum atomic E-state index is 15.0. The number of rotatable bonds is 9. The third-order valence-electron chi connectivity index (χ3n) is 5.40. The first-order valence-corrected chi connectivity index (χ1v) is 10.6.